The van der Waals surface area contributed by atoms with Crippen LogP contribution >= 0.6 is 0 Å². The Bertz CT molecular complexity index is 499. The van der Waals surface area contributed by atoms with Crippen molar-refractivity contribution in [2.45, 2.75) is 25.5 Å². The molecule has 5 nitrogen and oxygen atoms in total. The Balaban J connectivity index is 2.39. The topological polar surface area (TPSA) is 64.8 Å². The van der Waals surface area contributed by atoms with Crippen LogP contribution in [0.2, 0.25) is 0 Å². The first-order chi connectivity index (χ1) is 8.86. The Kier molecular flexibility index (Phi) is 3.52. The van der Waals surface area contributed by atoms with E-state index in [0.717, 1.165) is 11.3 Å². The number of benzene rings is 1. The van der Waals surface area contributed by atoms with Gasteiger partial charge in [0.05, 0.1) is 18.3 Å². The summed E-state index contributed by atoms with van der Waals surface area (Å²) in [5.41, 5.74) is 6.83. The highest BCUT2D eigenvalue weighted by molar-refractivity contribution is 6.01. The van der Waals surface area contributed by atoms with Crippen molar-refractivity contribution in [1.82, 2.24) is 0 Å². The van der Waals surface area contributed by atoms with Gasteiger partial charge in [-0.25, -0.2) is 0 Å². The van der Waals surface area contributed by atoms with Gasteiger partial charge < -0.3 is 20.1 Å². The molecular formula is C14H20N2O3. The molecular weight excluding hydrogens is 244 g/mol. The predicted octanol–water partition coefficient (Wildman–Crippen LogP) is 1.47. The van der Waals surface area contributed by atoms with Gasteiger partial charge in [0, 0.05) is 14.2 Å². The van der Waals surface area contributed by atoms with Crippen LogP contribution < -0.4 is 15.4 Å². The minimum atomic E-state index is -0.835. The van der Waals surface area contributed by atoms with Crippen molar-refractivity contribution in [2.24, 2.45) is 5.73 Å². The molecule has 1 atom stereocenters. The number of anilines is 1. The first kappa shape index (κ1) is 13.8. The highest BCUT2D eigenvalue weighted by Crippen LogP contribution is 2.38. The van der Waals surface area contributed by atoms with Gasteiger partial charge in [-0.3, -0.25) is 4.79 Å². The second kappa shape index (κ2) is 4.83. The number of nitrogens with two attached hydrogens (primary N) is 1. The first-order valence-corrected chi connectivity index (χ1v) is 6.22. The Labute approximate surface area is 113 Å². The monoisotopic (exact) mass is 264 g/mol. The molecule has 1 aromatic rings. The van der Waals surface area contributed by atoms with Crippen molar-refractivity contribution in [3.05, 3.63) is 23.8 Å². The number of methoxy groups -OCH3 is 1. The van der Waals surface area contributed by atoms with Crippen LogP contribution in [0.15, 0.2) is 18.2 Å². The summed E-state index contributed by atoms with van der Waals surface area (Å²) in [6, 6.07) is 5.42. The number of hydrogen-bond acceptors (Lipinski definition) is 4. The zero-order valence-electron chi connectivity index (χ0n) is 11.8. The van der Waals surface area contributed by atoms with Crippen LogP contribution in [0.3, 0.4) is 0 Å². The van der Waals surface area contributed by atoms with Crippen molar-refractivity contribution < 1.29 is 14.3 Å². The number of rotatable bonds is 3. The number of ether oxygens (including phenoxy) is 2. The zero-order chi connectivity index (χ0) is 14.2. The Morgan fingerprint density at radius 3 is 2.79 bits per heavy atom. The van der Waals surface area contributed by atoms with Gasteiger partial charge in [-0.15, -0.1) is 0 Å². The molecule has 0 spiro atoms. The van der Waals surface area contributed by atoms with E-state index in [9.17, 15) is 4.79 Å². The predicted molar refractivity (Wildman–Crippen MR) is 73.4 cm³/mol. The van der Waals surface area contributed by atoms with E-state index in [1.165, 1.54) is 0 Å². The SMILES string of the molecule is COCC(N)c1ccc2c(c1)N(C)C(=O)C(C)(C)O2. The van der Waals surface area contributed by atoms with Gasteiger partial charge in [-0.2, -0.15) is 0 Å². The minimum absolute atomic E-state index is 0.0718. The van der Waals surface area contributed by atoms with Gasteiger partial charge in [-0.05, 0) is 31.5 Å². The number of likely N-dealkylation sites (N-methyl/N-ethyl adjacent to an activating group) is 1. The highest BCUT2D eigenvalue weighted by Gasteiger charge is 2.39. The largest absolute Gasteiger partial charge is 0.476 e. The second-order valence-electron chi connectivity index (χ2n) is 5.27. The number of hydrogen-bond donors (Lipinski definition) is 1. The fraction of sp³-hybridized carbons (Fsp3) is 0.500. The third-order valence-electron chi connectivity index (χ3n) is 3.30. The van der Waals surface area contributed by atoms with Gasteiger partial charge in [-0.1, -0.05) is 6.07 Å². The Morgan fingerprint density at radius 2 is 2.16 bits per heavy atom. The third-order valence-corrected chi connectivity index (χ3v) is 3.30. The number of carbonyl (C=O) groups excluding carboxylic acids is 1. The van der Waals surface area contributed by atoms with Crippen LogP contribution in [0, 0.1) is 0 Å². The fourth-order valence-corrected chi connectivity index (χ4v) is 2.22. The van der Waals surface area contributed by atoms with E-state index in [4.69, 9.17) is 15.2 Å². The lowest BCUT2D eigenvalue weighted by Crippen LogP contribution is -2.50. The molecule has 1 unspecified atom stereocenters. The Hall–Kier alpha value is -1.59. The van der Waals surface area contributed by atoms with E-state index in [0.29, 0.717) is 12.4 Å². The van der Waals surface area contributed by atoms with Crippen molar-refractivity contribution in [1.29, 1.82) is 0 Å². The van der Waals surface area contributed by atoms with Gasteiger partial charge in [0.2, 0.25) is 0 Å². The molecule has 1 amide bonds. The highest BCUT2D eigenvalue weighted by atomic mass is 16.5. The Morgan fingerprint density at radius 1 is 1.47 bits per heavy atom. The summed E-state index contributed by atoms with van der Waals surface area (Å²) >= 11 is 0. The van der Waals surface area contributed by atoms with E-state index < -0.39 is 5.60 Å². The standard InChI is InChI=1S/C14H20N2O3/c1-14(2)13(17)16(3)11-7-9(10(15)8-18-4)5-6-12(11)19-14/h5-7,10H,8,15H2,1-4H3. The van der Waals surface area contributed by atoms with Gasteiger partial charge in [0.1, 0.15) is 5.75 Å². The molecule has 0 radical (unpaired) electrons. The van der Waals surface area contributed by atoms with E-state index in [1.807, 2.05) is 18.2 Å². The molecule has 5 heteroatoms. The lowest BCUT2D eigenvalue weighted by atomic mass is 10.0. The summed E-state index contributed by atoms with van der Waals surface area (Å²) in [5.74, 6) is 0.623. The molecule has 1 aliphatic heterocycles. The fourth-order valence-electron chi connectivity index (χ4n) is 2.22. The van der Waals surface area contributed by atoms with Crippen LogP contribution in [0.5, 0.6) is 5.75 Å². The van der Waals surface area contributed by atoms with Crippen molar-refractivity contribution >= 4 is 11.6 Å². The first-order valence-electron chi connectivity index (χ1n) is 6.22. The van der Waals surface area contributed by atoms with Gasteiger partial charge >= 0.3 is 0 Å². The van der Waals surface area contributed by atoms with Crippen LogP contribution in [0.25, 0.3) is 0 Å². The third kappa shape index (κ3) is 2.43. The molecule has 2 rings (SSSR count). The van der Waals surface area contributed by atoms with E-state index in [1.54, 1.807) is 32.9 Å². The van der Waals surface area contributed by atoms with Crippen molar-refractivity contribution in [2.75, 3.05) is 25.7 Å². The molecule has 0 saturated heterocycles. The summed E-state index contributed by atoms with van der Waals surface area (Å²) in [4.78, 5) is 13.8. The molecule has 1 aliphatic rings. The van der Waals surface area contributed by atoms with Gasteiger partial charge in [0.15, 0.2) is 5.60 Å². The molecule has 2 N–H and O–H groups in total. The number of nitrogens with zero attached hydrogens (tertiary/aromatic N) is 1. The van der Waals surface area contributed by atoms with Crippen LogP contribution in [0.4, 0.5) is 5.69 Å². The average molecular weight is 264 g/mol. The maximum absolute atomic E-state index is 12.2. The van der Waals surface area contributed by atoms with Crippen molar-refractivity contribution in [3.8, 4) is 5.75 Å². The number of fused-ring (bicyclic) bond motifs is 1. The minimum Gasteiger partial charge on any atom is -0.476 e. The van der Waals surface area contributed by atoms with E-state index >= 15 is 0 Å². The summed E-state index contributed by atoms with van der Waals surface area (Å²) in [6.07, 6.45) is 0. The maximum Gasteiger partial charge on any atom is 0.270 e. The normalized spacial score (nSPS) is 18.8. The molecule has 1 aromatic carbocycles. The molecule has 0 aromatic heterocycles. The molecule has 19 heavy (non-hydrogen) atoms. The molecule has 0 saturated carbocycles. The van der Waals surface area contributed by atoms with E-state index in [2.05, 4.69) is 0 Å². The molecule has 0 bridgehead atoms. The van der Waals surface area contributed by atoms with Gasteiger partial charge in [0.25, 0.3) is 5.91 Å². The van der Waals surface area contributed by atoms with E-state index in [-0.39, 0.29) is 11.9 Å². The summed E-state index contributed by atoms with van der Waals surface area (Å²) in [7, 11) is 3.36. The average Bonchev–Trinajstić information content (AvgIpc) is 2.36. The van der Waals surface area contributed by atoms with Crippen LogP contribution in [-0.2, 0) is 9.53 Å². The second-order valence-corrected chi connectivity index (χ2v) is 5.27. The quantitative estimate of drug-likeness (QED) is 0.897. The van der Waals surface area contributed by atoms with Crippen LogP contribution in [-0.4, -0.2) is 32.3 Å². The lowest BCUT2D eigenvalue weighted by Gasteiger charge is -2.37. The zero-order valence-corrected chi connectivity index (χ0v) is 11.8. The number of carbonyl (C=O) groups is 1. The molecule has 104 valence electrons. The number of amides is 1. The summed E-state index contributed by atoms with van der Waals surface area (Å²) in [5, 5.41) is 0. The van der Waals surface area contributed by atoms with Crippen molar-refractivity contribution in [3.63, 3.8) is 0 Å². The molecule has 0 aliphatic carbocycles. The maximum atomic E-state index is 12.2. The lowest BCUT2D eigenvalue weighted by molar-refractivity contribution is -0.132. The summed E-state index contributed by atoms with van der Waals surface area (Å²) in [6.45, 7) is 3.96. The molecule has 0 fully saturated rings. The smallest absolute Gasteiger partial charge is 0.270 e. The van der Waals surface area contributed by atoms with Crippen LogP contribution in [0.1, 0.15) is 25.5 Å². The summed E-state index contributed by atoms with van der Waals surface area (Å²) < 4.78 is 10.8. The molecule has 1 heterocycles.